The fourth-order valence-corrected chi connectivity index (χ4v) is 5.88. The van der Waals surface area contributed by atoms with Crippen molar-refractivity contribution in [2.24, 2.45) is 0 Å². The maximum absolute atomic E-state index is 14.6. The standard InChI is InChI=1S/C33H28F2N4O5S/c1-17-13-28(43-4)31(25-15-20-23(35)7-6-8-24(20)37-25)38-30(17)21-14-22-27(16-26(21)39(3)45(5,41)42)44-32(29(22)33(40)36-2)18-9-11-19(34)12-10-18/h6-16,37H,1-5H3,(H,36,40). The van der Waals surface area contributed by atoms with Gasteiger partial charge in [0.2, 0.25) is 10.0 Å². The Kier molecular flexibility index (Phi) is 7.32. The summed E-state index contributed by atoms with van der Waals surface area (Å²) in [5, 5.41) is 3.39. The monoisotopic (exact) mass is 630 g/mol. The summed E-state index contributed by atoms with van der Waals surface area (Å²) in [5.74, 6) is -0.707. The minimum absolute atomic E-state index is 0.186. The summed E-state index contributed by atoms with van der Waals surface area (Å²) in [5.41, 5.74) is 3.96. The number of rotatable bonds is 7. The molecule has 45 heavy (non-hydrogen) atoms. The number of hydrogen-bond donors (Lipinski definition) is 2. The van der Waals surface area contributed by atoms with Crippen molar-refractivity contribution in [3.63, 3.8) is 0 Å². The molecule has 2 N–H and O–H groups in total. The number of benzene rings is 3. The van der Waals surface area contributed by atoms with Crippen molar-refractivity contribution < 1.29 is 31.1 Å². The van der Waals surface area contributed by atoms with Crippen LogP contribution in [0.5, 0.6) is 5.75 Å². The lowest BCUT2D eigenvalue weighted by atomic mass is 9.98. The van der Waals surface area contributed by atoms with E-state index in [9.17, 15) is 22.0 Å². The molecule has 1 amide bonds. The van der Waals surface area contributed by atoms with E-state index in [1.165, 1.54) is 57.6 Å². The molecule has 6 rings (SSSR count). The number of sulfonamides is 1. The van der Waals surface area contributed by atoms with Crippen molar-refractivity contribution in [1.29, 1.82) is 0 Å². The zero-order valence-electron chi connectivity index (χ0n) is 25.0. The van der Waals surface area contributed by atoms with Crippen molar-refractivity contribution in [2.45, 2.75) is 6.92 Å². The molecule has 0 saturated heterocycles. The highest BCUT2D eigenvalue weighted by Crippen LogP contribution is 2.43. The second-order valence-corrected chi connectivity index (χ2v) is 12.6. The van der Waals surface area contributed by atoms with Gasteiger partial charge in [-0.25, -0.2) is 22.2 Å². The van der Waals surface area contributed by atoms with Crippen LogP contribution in [0, 0.1) is 18.6 Å². The van der Waals surface area contributed by atoms with Crippen molar-refractivity contribution in [3.8, 4) is 39.7 Å². The van der Waals surface area contributed by atoms with Crippen molar-refractivity contribution in [2.75, 3.05) is 31.8 Å². The number of pyridine rings is 1. The number of anilines is 1. The third-order valence-electron chi connectivity index (χ3n) is 7.72. The van der Waals surface area contributed by atoms with E-state index in [1.54, 1.807) is 37.3 Å². The van der Waals surface area contributed by atoms with E-state index in [-0.39, 0.29) is 22.6 Å². The van der Waals surface area contributed by atoms with Gasteiger partial charge < -0.3 is 19.5 Å². The van der Waals surface area contributed by atoms with Gasteiger partial charge in [-0.1, -0.05) is 6.07 Å². The van der Waals surface area contributed by atoms with Gasteiger partial charge in [-0.05, 0) is 67.1 Å². The molecule has 0 saturated carbocycles. The average Bonchev–Trinajstić information content (AvgIpc) is 3.62. The van der Waals surface area contributed by atoms with Crippen LogP contribution in [0.4, 0.5) is 14.5 Å². The number of fused-ring (bicyclic) bond motifs is 2. The average molecular weight is 631 g/mol. The molecule has 0 aliphatic rings. The zero-order chi connectivity index (χ0) is 32.2. The molecular weight excluding hydrogens is 602 g/mol. The van der Waals surface area contributed by atoms with Gasteiger partial charge in [-0.15, -0.1) is 0 Å². The zero-order valence-corrected chi connectivity index (χ0v) is 25.8. The Morgan fingerprint density at radius 3 is 2.40 bits per heavy atom. The SMILES string of the molecule is CNC(=O)c1c(-c2ccc(F)cc2)oc2cc(N(C)S(C)(=O)=O)c(-c3nc(-c4cc5c(F)cccc5[nH]4)c(OC)cc3C)cc12. The molecule has 0 radical (unpaired) electrons. The number of furan rings is 1. The van der Waals surface area contributed by atoms with Crippen molar-refractivity contribution in [3.05, 3.63) is 89.5 Å². The van der Waals surface area contributed by atoms with Crippen LogP contribution >= 0.6 is 0 Å². The number of H-pyrrole nitrogens is 1. The maximum Gasteiger partial charge on any atom is 0.255 e. The van der Waals surface area contributed by atoms with Crippen LogP contribution < -0.4 is 14.4 Å². The molecule has 6 aromatic rings. The number of aromatic nitrogens is 2. The van der Waals surface area contributed by atoms with Crippen LogP contribution in [0.1, 0.15) is 15.9 Å². The number of nitrogens with zero attached hydrogens (tertiary/aromatic N) is 2. The smallest absolute Gasteiger partial charge is 0.255 e. The van der Waals surface area contributed by atoms with Crippen LogP contribution in [0.15, 0.2) is 71.1 Å². The first-order chi connectivity index (χ1) is 21.4. The van der Waals surface area contributed by atoms with E-state index in [0.717, 1.165) is 10.6 Å². The van der Waals surface area contributed by atoms with Crippen LogP contribution in [-0.4, -0.2) is 51.8 Å². The topological polar surface area (TPSA) is 118 Å². The molecule has 9 nitrogen and oxygen atoms in total. The summed E-state index contributed by atoms with van der Waals surface area (Å²) in [6.45, 7) is 1.80. The molecule has 230 valence electrons. The van der Waals surface area contributed by atoms with Gasteiger partial charge in [0.1, 0.15) is 34.4 Å². The van der Waals surface area contributed by atoms with Gasteiger partial charge in [-0.2, -0.15) is 0 Å². The number of amides is 1. The molecule has 0 spiro atoms. The van der Waals surface area contributed by atoms with Gasteiger partial charge in [0.15, 0.2) is 0 Å². The lowest BCUT2D eigenvalue weighted by molar-refractivity contribution is 0.0964. The Morgan fingerprint density at radius 1 is 1.02 bits per heavy atom. The highest BCUT2D eigenvalue weighted by atomic mass is 32.2. The molecule has 0 aliphatic heterocycles. The number of hydrogen-bond acceptors (Lipinski definition) is 6. The predicted molar refractivity (Wildman–Crippen MR) is 170 cm³/mol. The first-order valence-corrected chi connectivity index (χ1v) is 15.6. The summed E-state index contributed by atoms with van der Waals surface area (Å²) < 4.78 is 66.9. The van der Waals surface area contributed by atoms with E-state index in [0.29, 0.717) is 55.8 Å². The fraction of sp³-hybridized carbons (Fsp3) is 0.152. The number of halogens is 2. The van der Waals surface area contributed by atoms with E-state index in [2.05, 4.69) is 10.3 Å². The molecule has 3 aromatic heterocycles. The minimum atomic E-state index is -3.78. The van der Waals surface area contributed by atoms with Gasteiger partial charge in [-0.3, -0.25) is 9.10 Å². The first-order valence-electron chi connectivity index (χ1n) is 13.8. The lowest BCUT2D eigenvalue weighted by Gasteiger charge is -2.22. The summed E-state index contributed by atoms with van der Waals surface area (Å²) in [4.78, 5) is 21.4. The summed E-state index contributed by atoms with van der Waals surface area (Å²) in [6, 6.07) is 16.8. The second kappa shape index (κ2) is 11.0. The number of carbonyl (C=O) groups is 1. The Balaban J connectivity index is 1.67. The molecule has 0 atom stereocenters. The summed E-state index contributed by atoms with van der Waals surface area (Å²) in [7, 11) is 0.606. The van der Waals surface area contributed by atoms with Gasteiger partial charge in [0.25, 0.3) is 5.91 Å². The Labute approximate surface area is 257 Å². The second-order valence-electron chi connectivity index (χ2n) is 10.6. The number of aromatic amines is 1. The highest BCUT2D eigenvalue weighted by molar-refractivity contribution is 7.92. The van der Waals surface area contributed by atoms with Crippen molar-refractivity contribution >= 4 is 43.5 Å². The van der Waals surface area contributed by atoms with Crippen LogP contribution in [0.3, 0.4) is 0 Å². The van der Waals surface area contributed by atoms with E-state index in [1.807, 2.05) is 0 Å². The van der Waals surface area contributed by atoms with E-state index >= 15 is 0 Å². The lowest BCUT2D eigenvalue weighted by Crippen LogP contribution is -2.25. The van der Waals surface area contributed by atoms with Crippen LogP contribution in [0.25, 0.3) is 55.8 Å². The maximum atomic E-state index is 14.6. The number of nitrogens with one attached hydrogen (secondary N) is 2. The van der Waals surface area contributed by atoms with Gasteiger partial charge >= 0.3 is 0 Å². The van der Waals surface area contributed by atoms with E-state index in [4.69, 9.17) is 14.1 Å². The van der Waals surface area contributed by atoms with Gasteiger partial charge in [0, 0.05) is 47.6 Å². The number of methoxy groups -OCH3 is 1. The third kappa shape index (κ3) is 5.16. The molecule has 3 aromatic carbocycles. The van der Waals surface area contributed by atoms with Crippen LogP contribution in [0.2, 0.25) is 0 Å². The third-order valence-corrected chi connectivity index (χ3v) is 8.91. The minimum Gasteiger partial charge on any atom is -0.494 e. The molecule has 0 fully saturated rings. The fourth-order valence-electron chi connectivity index (χ4n) is 5.37. The predicted octanol–water partition coefficient (Wildman–Crippen LogP) is 6.66. The molecular formula is C33H28F2N4O5S. The summed E-state index contributed by atoms with van der Waals surface area (Å²) >= 11 is 0. The molecule has 0 bridgehead atoms. The van der Waals surface area contributed by atoms with Crippen molar-refractivity contribution in [1.82, 2.24) is 15.3 Å². The first kappa shape index (κ1) is 29.8. The Hall–Kier alpha value is -5.23. The molecule has 0 aliphatic carbocycles. The largest absolute Gasteiger partial charge is 0.494 e. The molecule has 12 heteroatoms. The van der Waals surface area contributed by atoms with Crippen LogP contribution in [-0.2, 0) is 10.0 Å². The normalized spacial score (nSPS) is 11.7. The number of ether oxygens (including phenoxy) is 1. The number of carbonyl (C=O) groups excluding carboxylic acids is 1. The Bertz CT molecular complexity index is 2240. The molecule has 0 unspecified atom stereocenters. The highest BCUT2D eigenvalue weighted by Gasteiger charge is 2.27. The molecule has 3 heterocycles. The quantitative estimate of drug-likeness (QED) is 0.204. The summed E-state index contributed by atoms with van der Waals surface area (Å²) in [6.07, 6.45) is 1.07. The number of aryl methyl sites for hydroxylation is 1. The Morgan fingerprint density at radius 2 is 1.76 bits per heavy atom. The van der Waals surface area contributed by atoms with E-state index < -0.39 is 27.6 Å². The van der Waals surface area contributed by atoms with Gasteiger partial charge in [0.05, 0.1) is 36.0 Å².